The lowest BCUT2D eigenvalue weighted by Gasteiger charge is -2.46. The molecule has 3 aliphatic heterocycles. The molecule has 43 heavy (non-hydrogen) atoms. The number of pyridine rings is 1. The van der Waals surface area contributed by atoms with Crippen LogP contribution in [-0.2, 0) is 10.3 Å². The number of fused-ring (bicyclic) bond motifs is 3. The number of rotatable bonds is 8. The van der Waals surface area contributed by atoms with Crippen LogP contribution in [0, 0.1) is 11.8 Å². The van der Waals surface area contributed by atoms with Crippen molar-refractivity contribution >= 4 is 28.4 Å². The van der Waals surface area contributed by atoms with E-state index in [4.69, 9.17) is 9.72 Å². The Bertz CT molecular complexity index is 1660. The minimum Gasteiger partial charge on any atom is -0.384 e. The summed E-state index contributed by atoms with van der Waals surface area (Å²) in [6, 6.07) is 13.5. The second-order valence-corrected chi connectivity index (χ2v) is 12.5. The van der Waals surface area contributed by atoms with Crippen LogP contribution in [0.1, 0.15) is 32.0 Å². The average Bonchev–Trinajstić information content (AvgIpc) is 3.23. The first-order valence-electron chi connectivity index (χ1n) is 15.0. The fraction of sp³-hybridized carbons (Fsp3) is 0.484. The molecule has 0 spiro atoms. The molecule has 2 bridgehead atoms. The number of piperidine rings is 2. The molecule has 6 heterocycles. The zero-order valence-electron chi connectivity index (χ0n) is 24.5. The van der Waals surface area contributed by atoms with Crippen molar-refractivity contribution in [1.29, 1.82) is 0 Å². The number of hydrogen-bond donors (Lipinski definition) is 2. The Morgan fingerprint density at radius 2 is 1.79 bits per heavy atom. The van der Waals surface area contributed by atoms with Gasteiger partial charge in [-0.3, -0.25) is 4.79 Å². The molecule has 226 valence electrons. The molecule has 3 aliphatic rings. The molecule has 11 nitrogen and oxygen atoms in total. The van der Waals surface area contributed by atoms with E-state index in [1.807, 2.05) is 18.2 Å². The maximum atomic E-state index is 13.5. The summed E-state index contributed by atoms with van der Waals surface area (Å²) in [5.41, 5.74) is 1.54. The summed E-state index contributed by atoms with van der Waals surface area (Å²) in [6.45, 7) is 8.35. The van der Waals surface area contributed by atoms with Gasteiger partial charge in [0.1, 0.15) is 23.7 Å². The number of nitrogens with zero attached hydrogens (tertiary/aromatic N) is 7. The highest BCUT2D eigenvalue weighted by atomic mass is 19.1. The molecule has 3 fully saturated rings. The van der Waals surface area contributed by atoms with E-state index in [0.29, 0.717) is 60.1 Å². The van der Waals surface area contributed by atoms with Gasteiger partial charge in [0.2, 0.25) is 5.95 Å². The number of nitrogens with one attached hydrogen (secondary N) is 1. The van der Waals surface area contributed by atoms with Crippen LogP contribution in [0.25, 0.3) is 16.9 Å². The summed E-state index contributed by atoms with van der Waals surface area (Å²) in [5.74, 6) is 1.96. The SMILES string of the molecule is CC(C)(O)c1cccc(-n2c3nc(Nc4ccc(N5CC6CC(CN(CCF)C6)C5)cc4)ncc3c(=O)n2C2COC2)n1. The summed E-state index contributed by atoms with van der Waals surface area (Å²) in [5, 5.41) is 14.3. The Morgan fingerprint density at radius 3 is 2.44 bits per heavy atom. The van der Waals surface area contributed by atoms with Crippen molar-refractivity contribution in [2.24, 2.45) is 11.8 Å². The van der Waals surface area contributed by atoms with Gasteiger partial charge in [-0.05, 0) is 68.5 Å². The monoisotopic (exact) mass is 588 g/mol. The number of halogens is 1. The Balaban J connectivity index is 1.16. The van der Waals surface area contributed by atoms with Gasteiger partial charge < -0.3 is 25.0 Å². The highest BCUT2D eigenvalue weighted by molar-refractivity contribution is 5.77. The summed E-state index contributed by atoms with van der Waals surface area (Å²) < 4.78 is 21.6. The quantitative estimate of drug-likeness (QED) is 0.320. The van der Waals surface area contributed by atoms with Crippen LogP contribution in [0.5, 0.6) is 0 Å². The van der Waals surface area contributed by atoms with E-state index in [2.05, 4.69) is 37.2 Å². The van der Waals surface area contributed by atoms with Crippen molar-refractivity contribution in [3.63, 3.8) is 0 Å². The molecule has 2 unspecified atom stereocenters. The van der Waals surface area contributed by atoms with Gasteiger partial charge in [0.25, 0.3) is 5.56 Å². The average molecular weight is 589 g/mol. The lowest BCUT2D eigenvalue weighted by molar-refractivity contribution is -0.0326. The molecule has 0 saturated carbocycles. The smallest absolute Gasteiger partial charge is 0.278 e. The van der Waals surface area contributed by atoms with Crippen LogP contribution >= 0.6 is 0 Å². The predicted octanol–water partition coefficient (Wildman–Crippen LogP) is 3.25. The van der Waals surface area contributed by atoms with Crippen molar-refractivity contribution in [2.75, 3.05) is 62.8 Å². The Labute approximate surface area is 248 Å². The van der Waals surface area contributed by atoms with E-state index in [-0.39, 0.29) is 18.3 Å². The number of anilines is 3. The first kappa shape index (κ1) is 27.9. The summed E-state index contributed by atoms with van der Waals surface area (Å²) in [7, 11) is 0. The van der Waals surface area contributed by atoms with E-state index in [1.165, 1.54) is 12.1 Å². The Morgan fingerprint density at radius 1 is 1.05 bits per heavy atom. The van der Waals surface area contributed by atoms with Crippen molar-refractivity contribution in [1.82, 2.24) is 29.2 Å². The Kier molecular flexibility index (Phi) is 7.15. The fourth-order valence-corrected chi connectivity index (χ4v) is 6.64. The second-order valence-electron chi connectivity index (χ2n) is 12.5. The van der Waals surface area contributed by atoms with Gasteiger partial charge in [-0.25, -0.2) is 23.7 Å². The Hall–Kier alpha value is -3.87. The van der Waals surface area contributed by atoms with Crippen molar-refractivity contribution in [2.45, 2.75) is 31.9 Å². The molecule has 1 aromatic carbocycles. The summed E-state index contributed by atoms with van der Waals surface area (Å²) in [6.07, 6.45) is 2.77. The number of hydrogen-bond acceptors (Lipinski definition) is 9. The molecule has 12 heteroatoms. The third-order valence-electron chi connectivity index (χ3n) is 8.71. The summed E-state index contributed by atoms with van der Waals surface area (Å²) in [4.78, 5) is 32.1. The molecule has 3 aromatic heterocycles. The lowest BCUT2D eigenvalue weighted by atomic mass is 9.84. The minimum absolute atomic E-state index is 0.153. The molecule has 2 atom stereocenters. The van der Waals surface area contributed by atoms with Gasteiger partial charge in [-0.1, -0.05) is 6.07 Å². The van der Waals surface area contributed by atoms with Crippen LogP contribution in [0.2, 0.25) is 0 Å². The molecular formula is C31H37FN8O3. The minimum atomic E-state index is -1.15. The largest absolute Gasteiger partial charge is 0.384 e. The number of aromatic nitrogens is 5. The number of likely N-dealkylation sites (tertiary alicyclic amines) is 1. The van der Waals surface area contributed by atoms with Crippen LogP contribution in [0.15, 0.2) is 53.5 Å². The van der Waals surface area contributed by atoms with Gasteiger partial charge in [0, 0.05) is 50.3 Å². The lowest BCUT2D eigenvalue weighted by Crippen LogP contribution is -2.53. The number of alkyl halides is 1. The first-order chi connectivity index (χ1) is 20.8. The zero-order valence-corrected chi connectivity index (χ0v) is 24.5. The van der Waals surface area contributed by atoms with Crippen LogP contribution < -0.4 is 15.8 Å². The number of aliphatic hydroxyl groups is 1. The first-order valence-corrected chi connectivity index (χ1v) is 15.0. The third-order valence-corrected chi connectivity index (χ3v) is 8.71. The number of ether oxygens (including phenoxy) is 1. The van der Waals surface area contributed by atoms with Gasteiger partial charge in [-0.2, -0.15) is 4.98 Å². The molecule has 0 radical (unpaired) electrons. The van der Waals surface area contributed by atoms with Crippen molar-refractivity contribution < 1.29 is 14.2 Å². The second kappa shape index (κ2) is 11.0. The molecule has 4 aromatic rings. The molecular weight excluding hydrogens is 551 g/mol. The number of benzene rings is 1. The van der Waals surface area contributed by atoms with Crippen LogP contribution in [0.3, 0.4) is 0 Å². The predicted molar refractivity (Wildman–Crippen MR) is 162 cm³/mol. The molecule has 0 aliphatic carbocycles. The van der Waals surface area contributed by atoms with Crippen LogP contribution in [0.4, 0.5) is 21.7 Å². The van der Waals surface area contributed by atoms with E-state index in [9.17, 15) is 14.3 Å². The molecule has 0 amide bonds. The molecule has 2 N–H and O–H groups in total. The maximum absolute atomic E-state index is 13.5. The fourth-order valence-electron chi connectivity index (χ4n) is 6.64. The van der Waals surface area contributed by atoms with Gasteiger partial charge in [-0.15, -0.1) is 0 Å². The van der Waals surface area contributed by atoms with Gasteiger partial charge >= 0.3 is 0 Å². The highest BCUT2D eigenvalue weighted by Gasteiger charge is 2.34. The zero-order chi connectivity index (χ0) is 29.7. The van der Waals surface area contributed by atoms with Crippen molar-refractivity contribution in [3.8, 4) is 5.82 Å². The van der Waals surface area contributed by atoms with E-state index >= 15 is 0 Å². The van der Waals surface area contributed by atoms with Gasteiger partial charge in [0.05, 0.1) is 18.9 Å². The molecule has 7 rings (SSSR count). The van der Waals surface area contributed by atoms with Gasteiger partial charge in [0.15, 0.2) is 11.5 Å². The normalized spacial score (nSPS) is 21.3. The molecule has 3 saturated heterocycles. The van der Waals surface area contributed by atoms with Crippen molar-refractivity contribution in [3.05, 3.63) is 64.7 Å². The maximum Gasteiger partial charge on any atom is 0.278 e. The van der Waals surface area contributed by atoms with E-state index < -0.39 is 5.60 Å². The topological polar surface area (TPSA) is 114 Å². The highest BCUT2D eigenvalue weighted by Crippen LogP contribution is 2.32. The van der Waals surface area contributed by atoms with E-state index in [1.54, 1.807) is 41.5 Å². The van der Waals surface area contributed by atoms with Crippen LogP contribution in [-0.4, -0.2) is 86.9 Å². The third kappa shape index (κ3) is 5.39. The standard InChI is InChI=1S/C31H37FN8O3/c1-31(2,42)26-4-3-5-27(35-26)40-28-25(29(41)39(40)24-18-43-19-24)13-33-30(36-28)34-22-6-8-23(9-7-22)38-16-20-12-21(17-38)15-37(14-20)11-10-32/h3-9,13,20-21,24,42H,10-12,14-19H2,1-2H3,(H,33,34,36). The van der Waals surface area contributed by atoms with E-state index in [0.717, 1.165) is 31.9 Å². The summed E-state index contributed by atoms with van der Waals surface area (Å²) >= 11 is 0.